The summed E-state index contributed by atoms with van der Waals surface area (Å²) in [7, 11) is 1.22. The van der Waals surface area contributed by atoms with Crippen LogP contribution in [0.15, 0.2) is 12.2 Å². The van der Waals surface area contributed by atoms with Crippen molar-refractivity contribution < 1.29 is 19.1 Å². The van der Waals surface area contributed by atoms with Gasteiger partial charge >= 0.3 is 12.1 Å². The van der Waals surface area contributed by atoms with Crippen LogP contribution < -0.4 is 5.32 Å². The first-order chi connectivity index (χ1) is 8.64. The number of nitriles is 1. The van der Waals surface area contributed by atoms with E-state index >= 15 is 0 Å². The van der Waals surface area contributed by atoms with Gasteiger partial charge in [0.2, 0.25) is 0 Å². The number of nitrogens with one attached hydrogen (secondary N) is 1. The van der Waals surface area contributed by atoms with Crippen molar-refractivity contribution in [1.82, 2.24) is 5.32 Å². The Kier molecular flexibility index (Phi) is 6.06. The summed E-state index contributed by atoms with van der Waals surface area (Å²) in [6.07, 6.45) is 2.28. The first-order valence-electron chi connectivity index (χ1n) is 5.79. The number of hydrogen-bond donors (Lipinski definition) is 1. The molecule has 0 saturated carbocycles. The van der Waals surface area contributed by atoms with Gasteiger partial charge in [0.15, 0.2) is 5.54 Å². The fraction of sp³-hybridized carbons (Fsp3) is 0.615. The van der Waals surface area contributed by atoms with Gasteiger partial charge < -0.3 is 14.8 Å². The number of hydrogen-bond acceptors (Lipinski definition) is 5. The van der Waals surface area contributed by atoms with Gasteiger partial charge in [-0.05, 0) is 27.7 Å². The molecule has 1 atom stereocenters. The summed E-state index contributed by atoms with van der Waals surface area (Å²) in [5.41, 5.74) is -2.04. The molecule has 0 fully saturated rings. The second-order valence-corrected chi connectivity index (χ2v) is 5.09. The van der Waals surface area contributed by atoms with Crippen LogP contribution in [0.3, 0.4) is 0 Å². The topological polar surface area (TPSA) is 88.4 Å². The maximum absolute atomic E-state index is 11.7. The van der Waals surface area contributed by atoms with Gasteiger partial charge in [-0.3, -0.25) is 0 Å². The maximum atomic E-state index is 11.7. The fourth-order valence-electron chi connectivity index (χ4n) is 1.24. The molecule has 0 aromatic rings. The molecule has 0 radical (unpaired) electrons. The Hall–Kier alpha value is -2.03. The number of ether oxygens (including phenoxy) is 2. The van der Waals surface area contributed by atoms with E-state index in [4.69, 9.17) is 10.00 Å². The summed E-state index contributed by atoms with van der Waals surface area (Å²) >= 11 is 0. The Labute approximate surface area is 113 Å². The van der Waals surface area contributed by atoms with Crippen molar-refractivity contribution in [1.29, 1.82) is 5.26 Å². The normalized spacial score (nSPS) is 14.3. The van der Waals surface area contributed by atoms with Crippen molar-refractivity contribution >= 4 is 12.1 Å². The van der Waals surface area contributed by atoms with Crippen molar-refractivity contribution in [2.24, 2.45) is 0 Å². The Bertz CT molecular complexity index is 404. The predicted octanol–water partition coefficient (Wildman–Crippen LogP) is 1.91. The van der Waals surface area contributed by atoms with Crippen LogP contribution in [0.5, 0.6) is 0 Å². The zero-order valence-electron chi connectivity index (χ0n) is 11.9. The molecule has 0 aromatic heterocycles. The predicted molar refractivity (Wildman–Crippen MR) is 69.2 cm³/mol. The number of rotatable bonds is 4. The van der Waals surface area contributed by atoms with Crippen LogP contribution in [0.4, 0.5) is 4.79 Å². The number of carbonyl (C=O) groups is 2. The lowest BCUT2D eigenvalue weighted by Crippen LogP contribution is -2.52. The lowest BCUT2D eigenvalue weighted by molar-refractivity contribution is -0.145. The Morgan fingerprint density at radius 3 is 2.32 bits per heavy atom. The highest BCUT2D eigenvalue weighted by atomic mass is 16.6. The Morgan fingerprint density at radius 2 is 1.89 bits per heavy atom. The second-order valence-electron chi connectivity index (χ2n) is 5.09. The van der Waals surface area contributed by atoms with E-state index < -0.39 is 23.2 Å². The maximum Gasteiger partial charge on any atom is 0.408 e. The van der Waals surface area contributed by atoms with Gasteiger partial charge in [-0.15, -0.1) is 0 Å². The van der Waals surface area contributed by atoms with E-state index in [1.165, 1.54) is 26.2 Å². The third-order valence-corrected chi connectivity index (χ3v) is 2.03. The van der Waals surface area contributed by atoms with E-state index in [1.54, 1.807) is 20.8 Å². The molecule has 0 aliphatic heterocycles. The summed E-state index contributed by atoms with van der Waals surface area (Å²) in [4.78, 5) is 23.4. The van der Waals surface area contributed by atoms with Crippen molar-refractivity contribution in [3.8, 4) is 6.07 Å². The van der Waals surface area contributed by atoms with Crippen LogP contribution in [-0.4, -0.2) is 30.3 Å². The lowest BCUT2D eigenvalue weighted by atomic mass is 10.0. The van der Waals surface area contributed by atoms with Gasteiger partial charge in [-0.1, -0.05) is 12.2 Å². The summed E-state index contributed by atoms with van der Waals surface area (Å²) < 4.78 is 9.71. The Balaban J connectivity index is 4.93. The molecule has 1 N–H and O–H groups in total. The van der Waals surface area contributed by atoms with Crippen molar-refractivity contribution in [3.05, 3.63) is 12.2 Å². The summed E-state index contributed by atoms with van der Waals surface area (Å²) in [6, 6.07) is 1.91. The molecule has 1 amide bonds. The number of esters is 1. The third-order valence-electron chi connectivity index (χ3n) is 2.03. The number of carbonyl (C=O) groups excluding carboxylic acids is 2. The molecule has 6 heteroatoms. The average Bonchev–Trinajstić information content (AvgIpc) is 2.25. The molecule has 0 aromatic carbocycles. The minimum Gasteiger partial charge on any atom is -0.467 e. The number of alkyl carbamates (subject to hydrolysis) is 1. The van der Waals surface area contributed by atoms with Gasteiger partial charge in [0, 0.05) is 0 Å². The lowest BCUT2D eigenvalue weighted by Gasteiger charge is -2.27. The second kappa shape index (κ2) is 6.78. The Morgan fingerprint density at radius 1 is 1.32 bits per heavy atom. The molecule has 0 bridgehead atoms. The van der Waals surface area contributed by atoms with Gasteiger partial charge in [-0.2, -0.15) is 5.26 Å². The highest BCUT2D eigenvalue weighted by Gasteiger charge is 2.34. The van der Waals surface area contributed by atoms with Crippen LogP contribution >= 0.6 is 0 Å². The highest BCUT2D eigenvalue weighted by Crippen LogP contribution is 2.12. The summed E-state index contributed by atoms with van der Waals surface area (Å²) in [5, 5.41) is 10.9. The molecule has 0 saturated heterocycles. The third kappa shape index (κ3) is 6.46. The van der Waals surface area contributed by atoms with E-state index in [9.17, 15) is 9.59 Å². The van der Waals surface area contributed by atoms with E-state index in [2.05, 4.69) is 10.1 Å². The number of amides is 1. The molecule has 0 unspecified atom stereocenters. The molecular weight excluding hydrogens is 248 g/mol. The standard InChI is InChI=1S/C13H20N2O4/c1-12(2,3)19-11(17)15-13(4,10(16)18-5)8-6-7-9-14/h6,8H,7H2,1-5H3,(H,15,17)/t13-/m0/s1. The first kappa shape index (κ1) is 17.0. The fourth-order valence-corrected chi connectivity index (χ4v) is 1.24. The van der Waals surface area contributed by atoms with Gasteiger partial charge in [0.1, 0.15) is 5.60 Å². The zero-order chi connectivity index (χ0) is 15.1. The van der Waals surface area contributed by atoms with Crippen LogP contribution in [-0.2, 0) is 14.3 Å². The quantitative estimate of drug-likeness (QED) is 0.621. The monoisotopic (exact) mass is 268 g/mol. The van der Waals surface area contributed by atoms with Gasteiger partial charge in [0.25, 0.3) is 0 Å². The molecule has 106 valence electrons. The number of methoxy groups -OCH3 is 1. The van der Waals surface area contributed by atoms with Gasteiger partial charge in [-0.25, -0.2) is 9.59 Å². The van der Waals surface area contributed by atoms with E-state index in [1.807, 2.05) is 6.07 Å². The summed E-state index contributed by atoms with van der Waals surface area (Å²) in [5.74, 6) is -0.646. The minimum absolute atomic E-state index is 0.128. The average molecular weight is 268 g/mol. The van der Waals surface area contributed by atoms with E-state index in [-0.39, 0.29) is 6.42 Å². The molecule has 0 aliphatic rings. The molecule has 0 spiro atoms. The number of allylic oxidation sites excluding steroid dienone is 1. The minimum atomic E-state index is -1.37. The van der Waals surface area contributed by atoms with Crippen LogP contribution in [0, 0.1) is 11.3 Å². The largest absolute Gasteiger partial charge is 0.467 e. The molecule has 0 rings (SSSR count). The molecule has 19 heavy (non-hydrogen) atoms. The van der Waals surface area contributed by atoms with Crippen molar-refractivity contribution in [3.63, 3.8) is 0 Å². The highest BCUT2D eigenvalue weighted by molar-refractivity contribution is 5.87. The molecule has 0 aliphatic carbocycles. The SMILES string of the molecule is COC(=O)[C@](C)(C=CCC#N)NC(=O)OC(C)(C)C. The molecule has 0 heterocycles. The van der Waals surface area contributed by atoms with E-state index in [0.29, 0.717) is 0 Å². The first-order valence-corrected chi connectivity index (χ1v) is 5.79. The van der Waals surface area contributed by atoms with Crippen LogP contribution in [0.25, 0.3) is 0 Å². The van der Waals surface area contributed by atoms with Gasteiger partial charge in [0.05, 0.1) is 19.6 Å². The zero-order valence-corrected chi connectivity index (χ0v) is 11.9. The van der Waals surface area contributed by atoms with Crippen LogP contribution in [0.1, 0.15) is 34.1 Å². The smallest absolute Gasteiger partial charge is 0.408 e. The number of nitrogens with zero attached hydrogens (tertiary/aromatic N) is 1. The van der Waals surface area contributed by atoms with Crippen molar-refractivity contribution in [2.45, 2.75) is 45.3 Å². The van der Waals surface area contributed by atoms with Crippen molar-refractivity contribution in [2.75, 3.05) is 7.11 Å². The van der Waals surface area contributed by atoms with E-state index in [0.717, 1.165) is 0 Å². The summed E-state index contributed by atoms with van der Waals surface area (Å²) in [6.45, 7) is 6.62. The molecule has 6 nitrogen and oxygen atoms in total. The van der Waals surface area contributed by atoms with Crippen LogP contribution in [0.2, 0.25) is 0 Å². The molecular formula is C13H20N2O4.